The number of hydrogen-bond acceptors (Lipinski definition) is 3. The zero-order chi connectivity index (χ0) is 15.2. The van der Waals surface area contributed by atoms with Crippen molar-refractivity contribution in [3.05, 3.63) is 70.5 Å². The zero-order valence-corrected chi connectivity index (χ0v) is 12.2. The second kappa shape index (κ2) is 7.20. The first-order valence-corrected chi connectivity index (χ1v) is 6.80. The number of methoxy groups -OCH3 is 1. The summed E-state index contributed by atoms with van der Waals surface area (Å²) in [6.07, 6.45) is 0. The van der Waals surface area contributed by atoms with Gasteiger partial charge in [-0.25, -0.2) is 9.18 Å². The maximum absolute atomic E-state index is 14.1. The van der Waals surface area contributed by atoms with E-state index in [0.717, 1.165) is 5.56 Å². The number of benzene rings is 2. The largest absolute Gasteiger partial charge is 0.468 e. The Morgan fingerprint density at radius 2 is 1.95 bits per heavy atom. The molecule has 110 valence electrons. The van der Waals surface area contributed by atoms with Gasteiger partial charge in [-0.05, 0) is 11.6 Å². The summed E-state index contributed by atoms with van der Waals surface area (Å²) in [6, 6.07) is 13.2. The first-order valence-electron chi connectivity index (χ1n) is 6.42. The Kier molecular flexibility index (Phi) is 5.31. The lowest BCUT2D eigenvalue weighted by atomic mass is 10.1. The molecular formula is C16H15ClFNO2. The third kappa shape index (κ3) is 3.80. The molecule has 1 atom stereocenters. The van der Waals surface area contributed by atoms with E-state index in [1.807, 2.05) is 30.3 Å². The predicted octanol–water partition coefficient (Wildman–Crippen LogP) is 3.48. The molecule has 1 N–H and O–H groups in total. The van der Waals surface area contributed by atoms with Crippen molar-refractivity contribution < 1.29 is 13.9 Å². The molecule has 1 unspecified atom stereocenters. The number of rotatable bonds is 5. The van der Waals surface area contributed by atoms with Gasteiger partial charge < -0.3 is 4.74 Å². The van der Waals surface area contributed by atoms with Crippen LogP contribution in [0.15, 0.2) is 48.5 Å². The highest BCUT2D eigenvalue weighted by molar-refractivity contribution is 6.30. The Balaban J connectivity index is 2.23. The number of nitrogens with one attached hydrogen (secondary N) is 1. The van der Waals surface area contributed by atoms with Crippen LogP contribution in [0.4, 0.5) is 4.39 Å². The molecule has 0 amide bonds. The first kappa shape index (κ1) is 15.5. The Morgan fingerprint density at radius 1 is 1.24 bits per heavy atom. The second-order valence-electron chi connectivity index (χ2n) is 4.47. The third-order valence-electron chi connectivity index (χ3n) is 3.08. The highest BCUT2D eigenvalue weighted by Crippen LogP contribution is 2.24. The van der Waals surface area contributed by atoms with Gasteiger partial charge in [0.2, 0.25) is 0 Å². The van der Waals surface area contributed by atoms with E-state index in [2.05, 4.69) is 5.32 Å². The van der Waals surface area contributed by atoms with E-state index < -0.39 is 17.8 Å². The highest BCUT2D eigenvalue weighted by Gasteiger charge is 2.25. The van der Waals surface area contributed by atoms with Crippen molar-refractivity contribution in [3.63, 3.8) is 0 Å². The topological polar surface area (TPSA) is 38.3 Å². The van der Waals surface area contributed by atoms with Crippen LogP contribution in [-0.4, -0.2) is 13.1 Å². The average molecular weight is 308 g/mol. The molecule has 0 bridgehead atoms. The molecule has 0 aliphatic carbocycles. The summed E-state index contributed by atoms with van der Waals surface area (Å²) in [4.78, 5) is 11.9. The lowest BCUT2D eigenvalue weighted by Crippen LogP contribution is -2.30. The van der Waals surface area contributed by atoms with Crippen LogP contribution in [0, 0.1) is 5.82 Å². The van der Waals surface area contributed by atoms with Gasteiger partial charge in [0.05, 0.1) is 12.1 Å². The Bertz CT molecular complexity index is 619. The summed E-state index contributed by atoms with van der Waals surface area (Å²) >= 11 is 5.77. The molecule has 0 spiro atoms. The van der Waals surface area contributed by atoms with E-state index in [9.17, 15) is 9.18 Å². The molecule has 0 saturated carbocycles. The molecule has 0 aromatic heterocycles. The molecule has 0 aliphatic heterocycles. The van der Waals surface area contributed by atoms with E-state index >= 15 is 0 Å². The summed E-state index contributed by atoms with van der Waals surface area (Å²) in [5.41, 5.74) is 1.15. The maximum Gasteiger partial charge on any atom is 0.327 e. The molecule has 0 saturated heterocycles. The fourth-order valence-corrected chi connectivity index (χ4v) is 2.18. The van der Waals surface area contributed by atoms with Crippen molar-refractivity contribution >= 4 is 17.6 Å². The van der Waals surface area contributed by atoms with Crippen LogP contribution in [0.1, 0.15) is 17.2 Å². The zero-order valence-electron chi connectivity index (χ0n) is 11.5. The SMILES string of the molecule is COC(=O)C(NCc1ccccc1)c1cccc(Cl)c1F. The van der Waals surface area contributed by atoms with Gasteiger partial charge in [0.15, 0.2) is 0 Å². The minimum Gasteiger partial charge on any atom is -0.468 e. The van der Waals surface area contributed by atoms with Crippen molar-refractivity contribution in [2.45, 2.75) is 12.6 Å². The summed E-state index contributed by atoms with van der Waals surface area (Å²) in [5.74, 6) is -1.18. The minimum absolute atomic E-state index is 0.0251. The Hall–Kier alpha value is -1.91. The van der Waals surface area contributed by atoms with Gasteiger partial charge in [-0.3, -0.25) is 5.32 Å². The van der Waals surface area contributed by atoms with Crippen LogP contribution in [0.2, 0.25) is 5.02 Å². The molecule has 2 aromatic rings. The third-order valence-corrected chi connectivity index (χ3v) is 3.37. The number of carbonyl (C=O) groups excluding carboxylic acids is 1. The van der Waals surface area contributed by atoms with Gasteiger partial charge in [0, 0.05) is 12.1 Å². The van der Waals surface area contributed by atoms with Crippen molar-refractivity contribution in [2.75, 3.05) is 7.11 Å². The van der Waals surface area contributed by atoms with E-state index in [1.165, 1.54) is 19.2 Å². The van der Waals surface area contributed by atoms with E-state index in [4.69, 9.17) is 16.3 Å². The van der Waals surface area contributed by atoms with E-state index in [-0.39, 0.29) is 10.6 Å². The Morgan fingerprint density at radius 3 is 2.62 bits per heavy atom. The summed E-state index contributed by atoms with van der Waals surface area (Å²) < 4.78 is 18.8. The van der Waals surface area contributed by atoms with Gasteiger partial charge in [-0.1, -0.05) is 54.1 Å². The Labute approximate surface area is 127 Å². The van der Waals surface area contributed by atoms with Gasteiger partial charge in [-0.2, -0.15) is 0 Å². The van der Waals surface area contributed by atoms with Crippen LogP contribution in [0.25, 0.3) is 0 Å². The number of ether oxygens (including phenoxy) is 1. The molecule has 2 rings (SSSR count). The second-order valence-corrected chi connectivity index (χ2v) is 4.87. The quantitative estimate of drug-likeness (QED) is 0.859. The average Bonchev–Trinajstić information content (AvgIpc) is 2.52. The lowest BCUT2D eigenvalue weighted by Gasteiger charge is -2.18. The van der Waals surface area contributed by atoms with Crippen molar-refractivity contribution in [1.82, 2.24) is 5.32 Å². The van der Waals surface area contributed by atoms with Gasteiger partial charge >= 0.3 is 5.97 Å². The van der Waals surface area contributed by atoms with Crippen LogP contribution < -0.4 is 5.32 Å². The smallest absolute Gasteiger partial charge is 0.327 e. The molecule has 0 heterocycles. The molecule has 5 heteroatoms. The maximum atomic E-state index is 14.1. The molecule has 0 radical (unpaired) electrons. The molecular weight excluding hydrogens is 293 g/mol. The first-order chi connectivity index (χ1) is 10.1. The summed E-state index contributed by atoms with van der Waals surface area (Å²) in [6.45, 7) is 0.409. The van der Waals surface area contributed by atoms with Gasteiger partial charge in [0.25, 0.3) is 0 Å². The normalized spacial score (nSPS) is 12.0. The monoisotopic (exact) mass is 307 g/mol. The fourth-order valence-electron chi connectivity index (χ4n) is 2.00. The predicted molar refractivity (Wildman–Crippen MR) is 79.4 cm³/mol. The molecule has 2 aromatic carbocycles. The van der Waals surface area contributed by atoms with Crippen molar-refractivity contribution in [1.29, 1.82) is 0 Å². The summed E-state index contributed by atoms with van der Waals surface area (Å²) in [7, 11) is 1.27. The van der Waals surface area contributed by atoms with Crippen LogP contribution in [0.3, 0.4) is 0 Å². The number of carbonyl (C=O) groups is 1. The molecule has 0 fully saturated rings. The van der Waals surface area contributed by atoms with Gasteiger partial charge in [-0.15, -0.1) is 0 Å². The highest BCUT2D eigenvalue weighted by atomic mass is 35.5. The lowest BCUT2D eigenvalue weighted by molar-refractivity contribution is -0.143. The summed E-state index contributed by atoms with van der Waals surface area (Å²) in [5, 5.41) is 2.97. The van der Waals surface area contributed by atoms with Crippen LogP contribution >= 0.6 is 11.6 Å². The van der Waals surface area contributed by atoms with Crippen molar-refractivity contribution in [3.8, 4) is 0 Å². The molecule has 21 heavy (non-hydrogen) atoms. The number of esters is 1. The van der Waals surface area contributed by atoms with E-state index in [1.54, 1.807) is 6.07 Å². The standard InChI is InChI=1S/C16H15ClFNO2/c1-21-16(20)15(12-8-5-9-13(17)14(12)18)19-10-11-6-3-2-4-7-11/h2-9,15,19H,10H2,1H3. The van der Waals surface area contributed by atoms with Crippen LogP contribution in [-0.2, 0) is 16.1 Å². The number of hydrogen-bond donors (Lipinski definition) is 1. The minimum atomic E-state index is -0.908. The van der Waals surface area contributed by atoms with Crippen LogP contribution in [0.5, 0.6) is 0 Å². The molecule has 3 nitrogen and oxygen atoms in total. The van der Waals surface area contributed by atoms with Crippen molar-refractivity contribution in [2.24, 2.45) is 0 Å². The molecule has 0 aliphatic rings. The number of halogens is 2. The van der Waals surface area contributed by atoms with Gasteiger partial charge in [0.1, 0.15) is 11.9 Å². The fraction of sp³-hybridized carbons (Fsp3) is 0.188. The van der Waals surface area contributed by atoms with E-state index in [0.29, 0.717) is 6.54 Å².